The standard InChI is InChI=1S/C21H26Cl2N2O3S/c1-13(2)21(12-26)24-29(27,28)16-6-4-5-14(7-16)18-10-25(3)11-19-17(18)8-15(22)9-20(19)23/h4-9,13,18,21,24,26H,10-12H2,1-3H3/t18-,21-/m0/s1. The lowest BCUT2D eigenvalue weighted by Crippen LogP contribution is -2.41. The van der Waals surface area contributed by atoms with Gasteiger partial charge in [-0.05, 0) is 53.9 Å². The molecule has 8 heteroatoms. The van der Waals surface area contributed by atoms with Crippen LogP contribution in [0, 0.1) is 5.92 Å². The van der Waals surface area contributed by atoms with Gasteiger partial charge in [-0.1, -0.05) is 49.2 Å². The molecular weight excluding hydrogens is 431 g/mol. The smallest absolute Gasteiger partial charge is 0.240 e. The molecule has 29 heavy (non-hydrogen) atoms. The first-order valence-electron chi connectivity index (χ1n) is 9.52. The first-order valence-corrected chi connectivity index (χ1v) is 11.8. The molecule has 1 aliphatic rings. The number of rotatable bonds is 6. The van der Waals surface area contributed by atoms with Gasteiger partial charge in [0.2, 0.25) is 10.0 Å². The van der Waals surface area contributed by atoms with Crippen LogP contribution in [0.3, 0.4) is 0 Å². The molecule has 0 radical (unpaired) electrons. The van der Waals surface area contributed by atoms with Gasteiger partial charge >= 0.3 is 0 Å². The highest BCUT2D eigenvalue weighted by molar-refractivity contribution is 7.89. The van der Waals surface area contributed by atoms with E-state index in [-0.39, 0.29) is 23.3 Å². The maximum atomic E-state index is 12.9. The molecule has 0 aliphatic carbocycles. The summed E-state index contributed by atoms with van der Waals surface area (Å²) < 4.78 is 28.4. The maximum Gasteiger partial charge on any atom is 0.240 e. The lowest BCUT2D eigenvalue weighted by Gasteiger charge is -2.33. The summed E-state index contributed by atoms with van der Waals surface area (Å²) in [4.78, 5) is 2.34. The minimum absolute atomic E-state index is 0.0267. The predicted molar refractivity (Wildman–Crippen MR) is 117 cm³/mol. The Morgan fingerprint density at radius 3 is 2.62 bits per heavy atom. The minimum Gasteiger partial charge on any atom is -0.395 e. The van der Waals surface area contributed by atoms with Crippen molar-refractivity contribution in [2.45, 2.75) is 37.2 Å². The summed E-state index contributed by atoms with van der Waals surface area (Å²) in [6.07, 6.45) is 0. The van der Waals surface area contributed by atoms with Gasteiger partial charge in [-0.3, -0.25) is 0 Å². The summed E-state index contributed by atoms with van der Waals surface area (Å²) >= 11 is 12.7. The topological polar surface area (TPSA) is 69.6 Å². The summed E-state index contributed by atoms with van der Waals surface area (Å²) in [5.41, 5.74) is 2.92. The van der Waals surface area contributed by atoms with Crippen molar-refractivity contribution in [2.24, 2.45) is 5.92 Å². The van der Waals surface area contributed by atoms with Gasteiger partial charge in [0.05, 0.1) is 11.5 Å². The molecule has 0 saturated carbocycles. The van der Waals surface area contributed by atoms with E-state index in [9.17, 15) is 13.5 Å². The van der Waals surface area contributed by atoms with E-state index in [0.29, 0.717) is 16.6 Å². The monoisotopic (exact) mass is 456 g/mol. The van der Waals surface area contributed by atoms with Crippen molar-refractivity contribution in [2.75, 3.05) is 20.2 Å². The largest absolute Gasteiger partial charge is 0.395 e. The van der Waals surface area contributed by atoms with Crippen molar-refractivity contribution < 1.29 is 13.5 Å². The third-order valence-corrected chi connectivity index (χ3v) is 7.41. The Labute approximate surface area is 182 Å². The van der Waals surface area contributed by atoms with Crippen molar-refractivity contribution in [1.82, 2.24) is 9.62 Å². The van der Waals surface area contributed by atoms with Crippen molar-refractivity contribution in [3.63, 3.8) is 0 Å². The van der Waals surface area contributed by atoms with Crippen LogP contribution in [0.25, 0.3) is 0 Å². The van der Waals surface area contributed by atoms with Gasteiger partial charge in [0.25, 0.3) is 0 Å². The lowest BCUT2D eigenvalue weighted by atomic mass is 9.85. The Bertz CT molecular complexity index is 995. The van der Waals surface area contributed by atoms with Gasteiger partial charge < -0.3 is 10.0 Å². The Balaban J connectivity index is 2.01. The van der Waals surface area contributed by atoms with E-state index in [1.807, 2.05) is 33.0 Å². The number of aliphatic hydroxyl groups is 1. The van der Waals surface area contributed by atoms with E-state index < -0.39 is 16.1 Å². The van der Waals surface area contributed by atoms with Crippen LogP contribution < -0.4 is 4.72 Å². The Hall–Kier alpha value is -1.15. The van der Waals surface area contributed by atoms with Crippen LogP contribution >= 0.6 is 23.2 Å². The highest BCUT2D eigenvalue weighted by atomic mass is 35.5. The van der Waals surface area contributed by atoms with E-state index in [1.54, 1.807) is 24.3 Å². The zero-order chi connectivity index (χ0) is 21.3. The fourth-order valence-electron chi connectivity index (χ4n) is 3.68. The molecule has 0 amide bonds. The van der Waals surface area contributed by atoms with Gasteiger partial charge in [0.1, 0.15) is 0 Å². The fraction of sp³-hybridized carbons (Fsp3) is 0.429. The molecular formula is C21H26Cl2N2O3S. The first kappa shape index (κ1) is 22.5. The van der Waals surface area contributed by atoms with Crippen LogP contribution in [0.15, 0.2) is 41.3 Å². The van der Waals surface area contributed by atoms with E-state index in [4.69, 9.17) is 23.2 Å². The van der Waals surface area contributed by atoms with E-state index in [1.165, 1.54) is 0 Å². The molecule has 0 unspecified atom stereocenters. The molecule has 1 aliphatic heterocycles. The number of fused-ring (bicyclic) bond motifs is 1. The molecule has 0 fully saturated rings. The molecule has 0 aromatic heterocycles. The van der Waals surface area contributed by atoms with Gasteiger partial charge in [-0.2, -0.15) is 0 Å². The maximum absolute atomic E-state index is 12.9. The molecule has 2 aromatic carbocycles. The van der Waals surface area contributed by atoms with E-state index >= 15 is 0 Å². The highest BCUT2D eigenvalue weighted by Crippen LogP contribution is 2.38. The predicted octanol–water partition coefficient (Wildman–Crippen LogP) is 3.87. The lowest BCUT2D eigenvalue weighted by molar-refractivity contribution is 0.227. The van der Waals surface area contributed by atoms with Crippen molar-refractivity contribution in [3.8, 4) is 0 Å². The van der Waals surface area contributed by atoms with Gasteiger partial charge in [0.15, 0.2) is 0 Å². The number of hydrogen-bond donors (Lipinski definition) is 2. The summed E-state index contributed by atoms with van der Waals surface area (Å²) in [5.74, 6) is -0.0741. The third kappa shape index (κ3) is 4.95. The highest BCUT2D eigenvalue weighted by Gasteiger charge is 2.28. The average Bonchev–Trinajstić information content (AvgIpc) is 2.66. The molecule has 0 spiro atoms. The number of halogens is 2. The molecule has 0 bridgehead atoms. The van der Waals surface area contributed by atoms with Crippen LogP contribution in [0.1, 0.15) is 36.5 Å². The first-order chi connectivity index (χ1) is 13.6. The van der Waals surface area contributed by atoms with Crippen molar-refractivity contribution >= 4 is 33.2 Å². The number of likely N-dealkylation sites (N-methyl/N-ethyl adjacent to an activating group) is 1. The molecule has 1 heterocycles. The second kappa shape index (κ2) is 8.92. The molecule has 158 valence electrons. The molecule has 2 atom stereocenters. The molecule has 3 rings (SSSR count). The van der Waals surface area contributed by atoms with Crippen LogP contribution in [0.5, 0.6) is 0 Å². The zero-order valence-corrected chi connectivity index (χ0v) is 19.0. The third-order valence-electron chi connectivity index (χ3n) is 5.37. The van der Waals surface area contributed by atoms with Crippen LogP contribution in [0.2, 0.25) is 10.0 Å². The van der Waals surface area contributed by atoms with Gasteiger partial charge in [-0.25, -0.2) is 13.1 Å². The molecule has 2 aromatic rings. The Kier molecular flexibility index (Phi) is 6.93. The summed E-state index contributed by atoms with van der Waals surface area (Å²) in [6.45, 7) is 4.92. The summed E-state index contributed by atoms with van der Waals surface area (Å²) in [5, 5.41) is 10.7. The minimum atomic E-state index is -3.76. The van der Waals surface area contributed by atoms with E-state index in [2.05, 4.69) is 9.62 Å². The number of benzene rings is 2. The number of nitrogens with one attached hydrogen (secondary N) is 1. The fourth-order valence-corrected chi connectivity index (χ4v) is 5.68. The zero-order valence-electron chi connectivity index (χ0n) is 16.7. The number of sulfonamides is 1. The SMILES string of the molecule is CC(C)[C@H](CO)NS(=O)(=O)c1cccc([C@@H]2CN(C)Cc3c(Cl)cc(Cl)cc32)c1. The van der Waals surface area contributed by atoms with Crippen LogP contribution in [0.4, 0.5) is 0 Å². The molecule has 5 nitrogen and oxygen atoms in total. The average molecular weight is 457 g/mol. The molecule has 2 N–H and O–H groups in total. The molecule has 0 saturated heterocycles. The number of hydrogen-bond acceptors (Lipinski definition) is 4. The second-order valence-corrected chi connectivity index (χ2v) is 10.5. The van der Waals surface area contributed by atoms with Crippen molar-refractivity contribution in [3.05, 3.63) is 63.1 Å². The number of nitrogens with zero attached hydrogens (tertiary/aromatic N) is 1. The van der Waals surface area contributed by atoms with Crippen LogP contribution in [-0.2, 0) is 16.6 Å². The normalized spacial score (nSPS) is 18.7. The van der Waals surface area contributed by atoms with Gasteiger partial charge in [0, 0.05) is 35.1 Å². The van der Waals surface area contributed by atoms with Crippen molar-refractivity contribution in [1.29, 1.82) is 0 Å². The van der Waals surface area contributed by atoms with E-state index in [0.717, 1.165) is 23.2 Å². The number of aliphatic hydroxyl groups excluding tert-OH is 1. The summed E-state index contributed by atoms with van der Waals surface area (Å²) in [6, 6.07) is 10.0. The Morgan fingerprint density at radius 2 is 1.97 bits per heavy atom. The quantitative estimate of drug-likeness (QED) is 0.691. The van der Waals surface area contributed by atoms with Gasteiger partial charge in [-0.15, -0.1) is 0 Å². The van der Waals surface area contributed by atoms with Crippen LogP contribution in [-0.4, -0.2) is 44.7 Å². The second-order valence-electron chi connectivity index (χ2n) is 7.93. The Morgan fingerprint density at radius 1 is 1.24 bits per heavy atom. The summed E-state index contributed by atoms with van der Waals surface area (Å²) in [7, 11) is -1.75.